The summed E-state index contributed by atoms with van der Waals surface area (Å²) in [6, 6.07) is 9.99. The van der Waals surface area contributed by atoms with Crippen LogP contribution in [0.1, 0.15) is 5.69 Å². The van der Waals surface area contributed by atoms with E-state index in [-0.39, 0.29) is 5.56 Å². The SMILES string of the molecule is Cc1c(-c2ccc(=O)n(-c3ccc(OCF)cc3)c2)cnn1C. The number of halogens is 1. The Kier molecular flexibility index (Phi) is 3.97. The molecular formula is C17H16FN3O2. The average Bonchev–Trinajstić information content (AvgIpc) is 2.89. The molecule has 0 aliphatic carbocycles. The van der Waals surface area contributed by atoms with Crippen LogP contribution < -0.4 is 10.3 Å². The topological polar surface area (TPSA) is 49.1 Å². The molecular weight excluding hydrogens is 297 g/mol. The van der Waals surface area contributed by atoms with Gasteiger partial charge < -0.3 is 4.74 Å². The second-order valence-electron chi connectivity index (χ2n) is 5.14. The van der Waals surface area contributed by atoms with Crippen LogP contribution in [0.4, 0.5) is 4.39 Å². The molecule has 3 aromatic rings. The van der Waals surface area contributed by atoms with Crippen LogP contribution in [0.3, 0.4) is 0 Å². The van der Waals surface area contributed by atoms with Gasteiger partial charge in [-0.15, -0.1) is 0 Å². The van der Waals surface area contributed by atoms with Crippen molar-refractivity contribution in [1.29, 1.82) is 0 Å². The molecule has 0 spiro atoms. The highest BCUT2D eigenvalue weighted by molar-refractivity contribution is 5.64. The van der Waals surface area contributed by atoms with Crippen LogP contribution in [-0.4, -0.2) is 21.2 Å². The highest BCUT2D eigenvalue weighted by Crippen LogP contribution is 2.22. The molecule has 0 radical (unpaired) electrons. The van der Waals surface area contributed by atoms with Crippen LogP contribution in [-0.2, 0) is 7.05 Å². The number of benzene rings is 1. The molecule has 6 heteroatoms. The van der Waals surface area contributed by atoms with E-state index in [1.165, 1.54) is 6.07 Å². The fourth-order valence-corrected chi connectivity index (χ4v) is 2.40. The van der Waals surface area contributed by atoms with E-state index in [1.54, 1.807) is 52.0 Å². The van der Waals surface area contributed by atoms with Gasteiger partial charge in [-0.1, -0.05) is 0 Å². The van der Waals surface area contributed by atoms with Gasteiger partial charge in [-0.3, -0.25) is 14.0 Å². The predicted molar refractivity (Wildman–Crippen MR) is 85.6 cm³/mol. The average molecular weight is 313 g/mol. The zero-order valence-electron chi connectivity index (χ0n) is 12.9. The normalized spacial score (nSPS) is 10.7. The van der Waals surface area contributed by atoms with Gasteiger partial charge in [0.1, 0.15) is 5.75 Å². The Morgan fingerprint density at radius 1 is 1.17 bits per heavy atom. The Morgan fingerprint density at radius 2 is 1.91 bits per heavy atom. The maximum absolute atomic E-state index is 12.2. The first kappa shape index (κ1) is 15.0. The van der Waals surface area contributed by atoms with Gasteiger partial charge >= 0.3 is 0 Å². The minimum Gasteiger partial charge on any atom is -0.463 e. The smallest absolute Gasteiger partial charge is 0.255 e. The molecule has 0 N–H and O–H groups in total. The number of rotatable bonds is 4. The minimum absolute atomic E-state index is 0.144. The van der Waals surface area contributed by atoms with Crippen LogP contribution in [0, 0.1) is 6.92 Å². The predicted octanol–water partition coefficient (Wildman–Crippen LogP) is 2.85. The summed E-state index contributed by atoms with van der Waals surface area (Å²) in [6.45, 7) is 1.09. The minimum atomic E-state index is -0.880. The largest absolute Gasteiger partial charge is 0.463 e. The van der Waals surface area contributed by atoms with Crippen molar-refractivity contribution in [3.63, 3.8) is 0 Å². The third-order valence-corrected chi connectivity index (χ3v) is 3.79. The van der Waals surface area contributed by atoms with Crippen molar-refractivity contribution in [1.82, 2.24) is 14.3 Å². The van der Waals surface area contributed by atoms with Crippen molar-refractivity contribution in [3.05, 3.63) is 64.8 Å². The van der Waals surface area contributed by atoms with Crippen LogP contribution in [0.2, 0.25) is 0 Å². The van der Waals surface area contributed by atoms with E-state index in [2.05, 4.69) is 5.10 Å². The van der Waals surface area contributed by atoms with Crippen molar-refractivity contribution < 1.29 is 9.13 Å². The lowest BCUT2D eigenvalue weighted by Crippen LogP contribution is -2.16. The highest BCUT2D eigenvalue weighted by Gasteiger charge is 2.09. The van der Waals surface area contributed by atoms with Gasteiger partial charge in [-0.25, -0.2) is 4.39 Å². The Bertz CT molecular complexity index is 882. The quantitative estimate of drug-likeness (QED) is 0.744. The fraction of sp³-hybridized carbons (Fsp3) is 0.176. The first-order valence-electron chi connectivity index (χ1n) is 7.11. The monoisotopic (exact) mass is 313 g/mol. The van der Waals surface area contributed by atoms with E-state index >= 15 is 0 Å². The summed E-state index contributed by atoms with van der Waals surface area (Å²) in [5, 5.41) is 4.23. The van der Waals surface area contributed by atoms with Gasteiger partial charge in [0.25, 0.3) is 5.56 Å². The summed E-state index contributed by atoms with van der Waals surface area (Å²) < 4.78 is 20.3. The molecule has 0 amide bonds. The number of hydrogen-bond donors (Lipinski definition) is 0. The molecule has 0 aliphatic rings. The van der Waals surface area contributed by atoms with Crippen molar-refractivity contribution in [2.24, 2.45) is 7.05 Å². The maximum atomic E-state index is 12.2. The van der Waals surface area contributed by atoms with Gasteiger partial charge in [0, 0.05) is 41.8 Å². The summed E-state index contributed by atoms with van der Waals surface area (Å²) >= 11 is 0. The van der Waals surface area contributed by atoms with Crippen LogP contribution in [0.25, 0.3) is 16.8 Å². The lowest BCUT2D eigenvalue weighted by atomic mass is 10.1. The second-order valence-corrected chi connectivity index (χ2v) is 5.14. The molecule has 0 fully saturated rings. The number of nitrogens with zero attached hydrogens (tertiary/aromatic N) is 3. The lowest BCUT2D eigenvalue weighted by Gasteiger charge is -2.09. The molecule has 0 saturated carbocycles. The van der Waals surface area contributed by atoms with Gasteiger partial charge in [0.2, 0.25) is 6.86 Å². The summed E-state index contributed by atoms with van der Waals surface area (Å²) in [7, 11) is 1.87. The van der Waals surface area contributed by atoms with E-state index in [0.29, 0.717) is 11.4 Å². The summed E-state index contributed by atoms with van der Waals surface area (Å²) in [5.74, 6) is 0.420. The molecule has 2 heterocycles. The zero-order valence-corrected chi connectivity index (χ0v) is 12.9. The molecule has 2 aromatic heterocycles. The maximum Gasteiger partial charge on any atom is 0.255 e. The van der Waals surface area contributed by atoms with E-state index in [9.17, 15) is 9.18 Å². The fourth-order valence-electron chi connectivity index (χ4n) is 2.40. The summed E-state index contributed by atoms with van der Waals surface area (Å²) in [6.07, 6.45) is 3.55. The van der Waals surface area contributed by atoms with Crippen molar-refractivity contribution >= 4 is 0 Å². The van der Waals surface area contributed by atoms with Gasteiger partial charge in [0.15, 0.2) is 0 Å². The number of hydrogen-bond acceptors (Lipinski definition) is 3. The molecule has 0 unspecified atom stereocenters. The molecule has 5 nitrogen and oxygen atoms in total. The third-order valence-electron chi connectivity index (χ3n) is 3.79. The highest BCUT2D eigenvalue weighted by atomic mass is 19.1. The van der Waals surface area contributed by atoms with E-state index in [0.717, 1.165) is 16.8 Å². The van der Waals surface area contributed by atoms with Gasteiger partial charge in [0.05, 0.1) is 6.20 Å². The molecule has 118 valence electrons. The van der Waals surface area contributed by atoms with E-state index < -0.39 is 6.86 Å². The first-order valence-corrected chi connectivity index (χ1v) is 7.11. The molecule has 0 saturated heterocycles. The number of aryl methyl sites for hydroxylation is 1. The Labute approximate surface area is 132 Å². The molecule has 0 atom stereocenters. The van der Waals surface area contributed by atoms with Crippen LogP contribution in [0.5, 0.6) is 5.75 Å². The second kappa shape index (κ2) is 6.08. The Morgan fingerprint density at radius 3 is 2.52 bits per heavy atom. The van der Waals surface area contributed by atoms with Gasteiger partial charge in [-0.2, -0.15) is 5.10 Å². The van der Waals surface area contributed by atoms with E-state index in [4.69, 9.17) is 4.74 Å². The number of ether oxygens (including phenoxy) is 1. The number of pyridine rings is 1. The summed E-state index contributed by atoms with van der Waals surface area (Å²) in [5.41, 5.74) is 3.43. The summed E-state index contributed by atoms with van der Waals surface area (Å²) in [4.78, 5) is 12.2. The number of aromatic nitrogens is 3. The van der Waals surface area contributed by atoms with Gasteiger partial charge in [-0.05, 0) is 37.3 Å². The van der Waals surface area contributed by atoms with Crippen molar-refractivity contribution in [3.8, 4) is 22.6 Å². The van der Waals surface area contributed by atoms with Crippen molar-refractivity contribution in [2.75, 3.05) is 6.86 Å². The third kappa shape index (κ3) is 2.88. The Hall–Kier alpha value is -2.89. The standard InChI is InChI=1S/C17H16FN3O2/c1-12-16(9-19-20(12)2)13-3-8-17(22)21(10-13)14-4-6-15(7-5-14)23-11-18/h3-10H,11H2,1-2H3. The lowest BCUT2D eigenvalue weighted by molar-refractivity contribution is 0.192. The molecule has 1 aromatic carbocycles. The van der Waals surface area contributed by atoms with Crippen LogP contribution >= 0.6 is 0 Å². The molecule has 3 rings (SSSR count). The molecule has 23 heavy (non-hydrogen) atoms. The molecule has 0 bridgehead atoms. The first-order chi connectivity index (χ1) is 11.1. The van der Waals surface area contributed by atoms with Crippen LogP contribution in [0.15, 0.2) is 53.6 Å². The molecule has 0 aliphatic heterocycles. The van der Waals surface area contributed by atoms with Crippen molar-refractivity contribution in [2.45, 2.75) is 6.92 Å². The Balaban J connectivity index is 2.04. The number of alkyl halides is 1. The zero-order chi connectivity index (χ0) is 16.4. The van der Waals surface area contributed by atoms with E-state index in [1.807, 2.05) is 14.0 Å².